The monoisotopic (exact) mass is 382 g/mol. The lowest BCUT2D eigenvalue weighted by Crippen LogP contribution is -2.16. The average Bonchev–Trinajstić information content (AvgIpc) is 2.97. The predicted molar refractivity (Wildman–Crippen MR) is 85.8 cm³/mol. The van der Waals surface area contributed by atoms with Crippen LogP contribution >= 0.6 is 0 Å². The van der Waals surface area contributed by atoms with Crippen molar-refractivity contribution in [2.24, 2.45) is 7.05 Å². The topological polar surface area (TPSA) is 59.8 Å². The molecule has 2 heterocycles. The van der Waals surface area contributed by atoms with Crippen LogP contribution < -0.4 is 5.32 Å². The van der Waals surface area contributed by atoms with E-state index in [4.69, 9.17) is 0 Å². The van der Waals surface area contributed by atoms with Gasteiger partial charge in [0.1, 0.15) is 17.2 Å². The highest BCUT2D eigenvalue weighted by molar-refractivity contribution is 6.04. The van der Waals surface area contributed by atoms with E-state index in [1.165, 1.54) is 19.2 Å². The molecule has 0 aliphatic carbocycles. The highest BCUT2D eigenvalue weighted by Gasteiger charge is 2.34. The molecule has 0 aliphatic heterocycles. The molecule has 1 N–H and O–H groups in total. The van der Waals surface area contributed by atoms with Crippen molar-refractivity contribution in [3.63, 3.8) is 0 Å². The Morgan fingerprint density at radius 1 is 1.11 bits per heavy atom. The molecule has 0 unspecified atom stereocenters. The van der Waals surface area contributed by atoms with Gasteiger partial charge in [-0.2, -0.15) is 18.3 Å². The first kappa shape index (κ1) is 18.5. The first-order valence-electron chi connectivity index (χ1n) is 7.50. The fourth-order valence-corrected chi connectivity index (χ4v) is 2.37. The van der Waals surface area contributed by atoms with Crippen molar-refractivity contribution in [1.29, 1.82) is 0 Å². The van der Waals surface area contributed by atoms with Gasteiger partial charge in [0.15, 0.2) is 5.69 Å². The van der Waals surface area contributed by atoms with Crippen LogP contribution in [-0.4, -0.2) is 20.7 Å². The predicted octanol–water partition coefficient (Wildman–Crippen LogP) is 4.03. The third-order valence-electron chi connectivity index (χ3n) is 3.64. The molecule has 140 valence electrons. The number of aromatic nitrogens is 3. The molecule has 0 saturated heterocycles. The Morgan fingerprint density at radius 2 is 1.78 bits per heavy atom. The largest absolute Gasteiger partial charge is 0.435 e. The van der Waals surface area contributed by atoms with Gasteiger partial charge in [0.05, 0.1) is 23.3 Å². The van der Waals surface area contributed by atoms with Crippen molar-refractivity contribution in [2.45, 2.75) is 6.18 Å². The molecule has 0 bridgehead atoms. The number of nitrogens with one attached hydrogen (secondary N) is 1. The van der Waals surface area contributed by atoms with Gasteiger partial charge in [0, 0.05) is 7.05 Å². The van der Waals surface area contributed by atoms with Crippen LogP contribution in [0.4, 0.5) is 27.6 Å². The van der Waals surface area contributed by atoms with Gasteiger partial charge >= 0.3 is 6.18 Å². The maximum Gasteiger partial charge on any atom is 0.435 e. The number of anilines is 1. The van der Waals surface area contributed by atoms with Crippen molar-refractivity contribution in [3.8, 4) is 11.4 Å². The number of pyridine rings is 1. The third kappa shape index (κ3) is 3.78. The normalized spacial score (nSPS) is 11.5. The lowest BCUT2D eigenvalue weighted by atomic mass is 10.2. The minimum absolute atomic E-state index is 0.111. The number of hydrogen-bond donors (Lipinski definition) is 1. The lowest BCUT2D eigenvalue weighted by Gasteiger charge is -2.07. The van der Waals surface area contributed by atoms with Crippen LogP contribution in [0.3, 0.4) is 0 Å². The highest BCUT2D eigenvalue weighted by atomic mass is 19.4. The summed E-state index contributed by atoms with van der Waals surface area (Å²) in [6, 6.07) is 6.56. The van der Waals surface area contributed by atoms with Crippen molar-refractivity contribution in [2.75, 3.05) is 5.32 Å². The van der Waals surface area contributed by atoms with Crippen LogP contribution in [0.25, 0.3) is 11.4 Å². The zero-order valence-corrected chi connectivity index (χ0v) is 13.7. The molecule has 0 aliphatic rings. The molecule has 3 rings (SSSR count). The van der Waals surface area contributed by atoms with E-state index in [1.807, 2.05) is 0 Å². The van der Waals surface area contributed by atoms with Gasteiger partial charge in [-0.05, 0) is 30.3 Å². The van der Waals surface area contributed by atoms with Crippen LogP contribution in [0.5, 0.6) is 0 Å². The molecule has 1 aromatic carbocycles. The smallest absolute Gasteiger partial charge is 0.320 e. The Balaban J connectivity index is 1.82. The summed E-state index contributed by atoms with van der Waals surface area (Å²) in [4.78, 5) is 16.0. The van der Waals surface area contributed by atoms with E-state index >= 15 is 0 Å². The Labute approximate surface area is 149 Å². The zero-order valence-electron chi connectivity index (χ0n) is 13.7. The number of nitrogens with zero attached hydrogens (tertiary/aromatic N) is 3. The first-order valence-corrected chi connectivity index (χ1v) is 7.50. The van der Waals surface area contributed by atoms with E-state index in [1.54, 1.807) is 0 Å². The molecule has 5 nitrogen and oxygen atoms in total. The number of carbonyl (C=O) groups is 1. The second-order valence-electron chi connectivity index (χ2n) is 5.52. The van der Waals surface area contributed by atoms with E-state index in [0.717, 1.165) is 35.1 Å². The highest BCUT2D eigenvalue weighted by Crippen LogP contribution is 2.31. The molecule has 27 heavy (non-hydrogen) atoms. The second-order valence-corrected chi connectivity index (χ2v) is 5.52. The number of benzene rings is 1. The van der Waals surface area contributed by atoms with Crippen LogP contribution in [0.15, 0.2) is 42.6 Å². The van der Waals surface area contributed by atoms with E-state index < -0.39 is 35.0 Å². The van der Waals surface area contributed by atoms with Crippen molar-refractivity contribution in [1.82, 2.24) is 14.8 Å². The summed E-state index contributed by atoms with van der Waals surface area (Å²) < 4.78 is 66.4. The second kappa shape index (κ2) is 6.78. The summed E-state index contributed by atoms with van der Waals surface area (Å²) >= 11 is 0. The van der Waals surface area contributed by atoms with Crippen molar-refractivity contribution >= 4 is 11.6 Å². The standard InChI is InChI=1S/C17H11F5N4O/c1-26-13(7-14(25-26)17(20,21)22)12-6-5-9(8-23-12)24-16(27)15-10(18)3-2-4-11(15)19/h2-8H,1H3,(H,24,27). The van der Waals surface area contributed by atoms with Gasteiger partial charge in [-0.15, -0.1) is 0 Å². The SMILES string of the molecule is Cn1nc(C(F)(F)F)cc1-c1ccc(NC(=O)c2c(F)cccc2F)cn1. The van der Waals surface area contributed by atoms with Crippen LogP contribution in [0.2, 0.25) is 0 Å². The fraction of sp³-hybridized carbons (Fsp3) is 0.118. The average molecular weight is 382 g/mol. The lowest BCUT2D eigenvalue weighted by molar-refractivity contribution is -0.141. The summed E-state index contributed by atoms with van der Waals surface area (Å²) in [5, 5.41) is 5.67. The van der Waals surface area contributed by atoms with Crippen LogP contribution in [0, 0.1) is 11.6 Å². The molecular weight excluding hydrogens is 371 g/mol. The maximum absolute atomic E-state index is 13.6. The Hall–Kier alpha value is -3.30. The van der Waals surface area contributed by atoms with E-state index in [0.29, 0.717) is 0 Å². The third-order valence-corrected chi connectivity index (χ3v) is 3.64. The zero-order chi connectivity index (χ0) is 19.8. The van der Waals surface area contributed by atoms with Gasteiger partial charge in [-0.25, -0.2) is 8.78 Å². The summed E-state index contributed by atoms with van der Waals surface area (Å²) in [7, 11) is 1.34. The number of hydrogen-bond acceptors (Lipinski definition) is 3. The van der Waals surface area contributed by atoms with Gasteiger partial charge in [0.2, 0.25) is 0 Å². The van der Waals surface area contributed by atoms with Gasteiger partial charge in [-0.1, -0.05) is 6.07 Å². The molecule has 0 atom stereocenters. The maximum atomic E-state index is 13.6. The van der Waals surface area contributed by atoms with Crippen molar-refractivity contribution in [3.05, 3.63) is 65.5 Å². The number of aryl methyl sites for hydroxylation is 1. The molecule has 0 spiro atoms. The van der Waals surface area contributed by atoms with Gasteiger partial charge < -0.3 is 5.32 Å². The van der Waals surface area contributed by atoms with E-state index in [2.05, 4.69) is 15.4 Å². The molecule has 10 heteroatoms. The summed E-state index contributed by atoms with van der Waals surface area (Å²) in [6.45, 7) is 0. The quantitative estimate of drug-likeness (QED) is 0.696. The van der Waals surface area contributed by atoms with Crippen molar-refractivity contribution < 1.29 is 26.7 Å². The molecule has 0 saturated carbocycles. The molecular formula is C17H11F5N4O. The first-order chi connectivity index (χ1) is 12.7. The number of carbonyl (C=O) groups excluding carboxylic acids is 1. The molecule has 3 aromatic rings. The number of halogens is 5. The van der Waals surface area contributed by atoms with Crippen LogP contribution in [0.1, 0.15) is 16.1 Å². The number of alkyl halides is 3. The summed E-state index contributed by atoms with van der Waals surface area (Å²) in [6.07, 6.45) is -3.43. The number of rotatable bonds is 3. The van der Waals surface area contributed by atoms with E-state index in [9.17, 15) is 26.7 Å². The van der Waals surface area contributed by atoms with Crippen LogP contribution in [-0.2, 0) is 13.2 Å². The number of amides is 1. The molecule has 1 amide bonds. The van der Waals surface area contributed by atoms with Gasteiger partial charge in [0.25, 0.3) is 5.91 Å². The Kier molecular flexibility index (Phi) is 4.64. The molecule has 2 aromatic heterocycles. The van der Waals surface area contributed by atoms with E-state index in [-0.39, 0.29) is 17.1 Å². The van der Waals surface area contributed by atoms with Gasteiger partial charge in [-0.3, -0.25) is 14.5 Å². The summed E-state index contributed by atoms with van der Waals surface area (Å²) in [5.41, 5.74) is -1.40. The minimum Gasteiger partial charge on any atom is -0.320 e. The molecule has 0 radical (unpaired) electrons. The Bertz CT molecular complexity index is 975. The minimum atomic E-state index is -4.59. The molecule has 0 fully saturated rings. The summed E-state index contributed by atoms with van der Waals surface area (Å²) in [5.74, 6) is -3.06. The fourth-order valence-electron chi connectivity index (χ4n) is 2.37. The Morgan fingerprint density at radius 3 is 2.30 bits per heavy atom.